The molecule has 0 saturated carbocycles. The highest BCUT2D eigenvalue weighted by Gasteiger charge is 2.39. The van der Waals surface area contributed by atoms with Gasteiger partial charge in [-0.1, -0.05) is 70.8 Å². The summed E-state index contributed by atoms with van der Waals surface area (Å²) < 4.78 is 18.9. The summed E-state index contributed by atoms with van der Waals surface area (Å²) in [6.45, 7) is 18.6. The maximum atomic E-state index is 6.49. The van der Waals surface area contributed by atoms with E-state index in [9.17, 15) is 0 Å². The van der Waals surface area contributed by atoms with Gasteiger partial charge in [-0.3, -0.25) is 0 Å². The summed E-state index contributed by atoms with van der Waals surface area (Å²) >= 11 is 6.16. The second-order valence-corrected chi connectivity index (χ2v) is 12.1. The van der Waals surface area contributed by atoms with E-state index in [4.69, 9.17) is 25.8 Å². The number of anilines is 2. The zero-order valence-corrected chi connectivity index (χ0v) is 28.7. The Bertz CT molecular complexity index is 1310. The molecule has 1 unspecified atom stereocenters. The molecule has 45 heavy (non-hydrogen) atoms. The molecule has 3 aromatic carbocycles. The fourth-order valence-electron chi connectivity index (χ4n) is 5.85. The maximum Gasteiger partial charge on any atom is 0.148 e. The van der Waals surface area contributed by atoms with E-state index in [1.54, 1.807) is 0 Å². The molecule has 0 saturated heterocycles. The normalized spacial score (nSPS) is 15.6. The molecule has 4 rings (SSSR count). The van der Waals surface area contributed by atoms with Crippen LogP contribution in [0.2, 0.25) is 5.02 Å². The Kier molecular flexibility index (Phi) is 13.5. The third-order valence-electron chi connectivity index (χ3n) is 8.60. The van der Waals surface area contributed by atoms with Crippen LogP contribution in [-0.2, 0) is 5.66 Å². The molecule has 0 bridgehead atoms. The van der Waals surface area contributed by atoms with Crippen molar-refractivity contribution in [3.63, 3.8) is 0 Å². The van der Waals surface area contributed by atoms with Crippen LogP contribution in [0.15, 0.2) is 60.7 Å². The molecule has 246 valence electrons. The van der Waals surface area contributed by atoms with Gasteiger partial charge in [-0.25, -0.2) is 0 Å². The van der Waals surface area contributed by atoms with E-state index in [0.717, 1.165) is 106 Å². The lowest BCUT2D eigenvalue weighted by Gasteiger charge is -2.32. The predicted molar refractivity (Wildman–Crippen MR) is 189 cm³/mol. The number of halogens is 1. The average molecular weight is 637 g/mol. The summed E-state index contributed by atoms with van der Waals surface area (Å²) in [7, 11) is 0. The highest BCUT2D eigenvalue weighted by atomic mass is 35.5. The number of benzene rings is 3. The topological polar surface area (TPSA) is 58.2 Å². The molecule has 0 aliphatic carbocycles. The average Bonchev–Trinajstić information content (AvgIpc) is 3.44. The van der Waals surface area contributed by atoms with Crippen LogP contribution in [0.5, 0.6) is 23.0 Å². The molecule has 2 N–H and O–H groups in total. The number of nitrogens with one attached hydrogen (secondary N) is 2. The molecule has 0 fully saturated rings. The summed E-state index contributed by atoms with van der Waals surface area (Å²) in [5.41, 5.74) is 2.65. The van der Waals surface area contributed by atoms with E-state index in [1.165, 1.54) is 0 Å². The van der Waals surface area contributed by atoms with E-state index >= 15 is 0 Å². The SMILES string of the molecule is CCCCC1(c2ccc(Oc3cccc(Cl)c3)cc2)Nc2cc(OCCCN(CC)CC)cc(OCCCN(CC)CC)c2N1. The third-order valence-corrected chi connectivity index (χ3v) is 8.83. The van der Waals surface area contributed by atoms with Crippen LogP contribution in [0.4, 0.5) is 11.4 Å². The monoisotopic (exact) mass is 636 g/mol. The van der Waals surface area contributed by atoms with Gasteiger partial charge in [0.25, 0.3) is 0 Å². The highest BCUT2D eigenvalue weighted by Crippen LogP contribution is 2.49. The zero-order valence-electron chi connectivity index (χ0n) is 28.0. The molecule has 0 radical (unpaired) electrons. The summed E-state index contributed by atoms with van der Waals surface area (Å²) in [6.07, 6.45) is 5.01. The van der Waals surface area contributed by atoms with Crippen LogP contribution < -0.4 is 24.8 Å². The van der Waals surface area contributed by atoms with Crippen molar-refractivity contribution in [3.8, 4) is 23.0 Å². The summed E-state index contributed by atoms with van der Waals surface area (Å²) in [5, 5.41) is 8.39. The first kappa shape index (κ1) is 34.7. The maximum absolute atomic E-state index is 6.49. The summed E-state index contributed by atoms with van der Waals surface area (Å²) in [4.78, 5) is 4.86. The molecular formula is C37H53ClN4O3. The molecule has 0 amide bonds. The molecule has 0 spiro atoms. The van der Waals surface area contributed by atoms with Gasteiger partial charge in [-0.2, -0.15) is 0 Å². The number of fused-ring (bicyclic) bond motifs is 1. The fourth-order valence-corrected chi connectivity index (χ4v) is 6.03. The summed E-state index contributed by atoms with van der Waals surface area (Å²) in [6, 6.07) is 19.9. The van der Waals surface area contributed by atoms with Crippen molar-refractivity contribution in [1.82, 2.24) is 9.80 Å². The predicted octanol–water partition coefficient (Wildman–Crippen LogP) is 9.23. The Balaban J connectivity index is 1.55. The first-order valence-corrected chi connectivity index (χ1v) is 17.3. The minimum Gasteiger partial charge on any atom is -0.493 e. The first-order valence-electron chi connectivity index (χ1n) is 16.9. The van der Waals surface area contributed by atoms with Crippen LogP contribution in [0.1, 0.15) is 72.3 Å². The molecule has 1 atom stereocenters. The van der Waals surface area contributed by atoms with Gasteiger partial charge in [-0.15, -0.1) is 0 Å². The Morgan fingerprint density at radius 2 is 1.36 bits per heavy atom. The quantitative estimate of drug-likeness (QED) is 0.120. The lowest BCUT2D eigenvalue weighted by molar-refractivity contribution is 0.243. The Hall–Kier alpha value is -3.13. The van der Waals surface area contributed by atoms with Crippen LogP contribution in [0.25, 0.3) is 0 Å². The van der Waals surface area contributed by atoms with Gasteiger partial charge in [0, 0.05) is 30.2 Å². The van der Waals surface area contributed by atoms with Gasteiger partial charge in [0.2, 0.25) is 0 Å². The van der Waals surface area contributed by atoms with Crippen molar-refractivity contribution in [3.05, 3.63) is 71.2 Å². The zero-order chi connectivity index (χ0) is 32.1. The number of unbranched alkanes of at least 4 members (excludes halogenated alkanes) is 1. The molecule has 8 heteroatoms. The van der Waals surface area contributed by atoms with Crippen molar-refractivity contribution in [2.24, 2.45) is 0 Å². The number of ether oxygens (including phenoxy) is 3. The number of hydrogen-bond donors (Lipinski definition) is 2. The Morgan fingerprint density at radius 3 is 1.98 bits per heavy atom. The van der Waals surface area contributed by atoms with Gasteiger partial charge in [0.1, 0.15) is 34.3 Å². The van der Waals surface area contributed by atoms with Crippen molar-refractivity contribution >= 4 is 23.0 Å². The molecule has 0 aromatic heterocycles. The fraction of sp³-hybridized carbons (Fsp3) is 0.514. The minimum atomic E-state index is -0.479. The second kappa shape index (κ2) is 17.5. The van der Waals surface area contributed by atoms with Crippen LogP contribution in [0.3, 0.4) is 0 Å². The molecule has 1 aliphatic rings. The van der Waals surface area contributed by atoms with E-state index in [-0.39, 0.29) is 0 Å². The van der Waals surface area contributed by atoms with E-state index in [0.29, 0.717) is 24.0 Å². The third kappa shape index (κ3) is 9.68. The molecular weight excluding hydrogens is 584 g/mol. The van der Waals surface area contributed by atoms with E-state index < -0.39 is 5.66 Å². The van der Waals surface area contributed by atoms with E-state index in [1.807, 2.05) is 36.4 Å². The van der Waals surface area contributed by atoms with Crippen molar-refractivity contribution < 1.29 is 14.2 Å². The smallest absolute Gasteiger partial charge is 0.148 e. The van der Waals surface area contributed by atoms with Gasteiger partial charge >= 0.3 is 0 Å². The van der Waals surface area contributed by atoms with Crippen LogP contribution >= 0.6 is 11.6 Å². The number of rotatable bonds is 20. The van der Waals surface area contributed by atoms with Crippen LogP contribution in [0, 0.1) is 0 Å². The summed E-state index contributed by atoms with van der Waals surface area (Å²) in [5.74, 6) is 3.14. The van der Waals surface area contributed by atoms with Crippen molar-refractivity contribution in [2.75, 3.05) is 63.1 Å². The number of nitrogens with zero attached hydrogens (tertiary/aromatic N) is 2. The minimum absolute atomic E-state index is 0.479. The lowest BCUT2D eigenvalue weighted by Crippen LogP contribution is -2.38. The second-order valence-electron chi connectivity index (χ2n) is 11.6. The van der Waals surface area contributed by atoms with Gasteiger partial charge in [0.15, 0.2) is 0 Å². The van der Waals surface area contributed by atoms with Gasteiger partial charge in [0.05, 0.1) is 18.9 Å². The molecule has 1 heterocycles. The number of hydrogen-bond acceptors (Lipinski definition) is 7. The molecule has 1 aliphatic heterocycles. The Labute approximate surface area is 276 Å². The first-order chi connectivity index (χ1) is 21.9. The lowest BCUT2D eigenvalue weighted by atomic mass is 9.94. The highest BCUT2D eigenvalue weighted by molar-refractivity contribution is 6.30. The largest absolute Gasteiger partial charge is 0.493 e. The van der Waals surface area contributed by atoms with Gasteiger partial charge in [-0.05, 0) is 87.8 Å². The standard InChI is InChI=1S/C37H53ClN4O3/c1-6-11-21-37(29-17-19-31(20-18-29)45-32-16-12-15-30(38)26-32)39-34-27-33(43-24-13-22-41(7-2)8-3)28-35(36(34)40-37)44-25-14-23-42(9-4)10-5/h12,15-20,26-28,39-40H,6-11,13-14,21-25H2,1-5H3. The van der Waals surface area contributed by atoms with E-state index in [2.05, 4.69) is 79.3 Å². The van der Waals surface area contributed by atoms with Crippen molar-refractivity contribution in [1.29, 1.82) is 0 Å². The van der Waals surface area contributed by atoms with Crippen LogP contribution in [-0.4, -0.2) is 62.3 Å². The molecule has 7 nitrogen and oxygen atoms in total. The Morgan fingerprint density at radius 1 is 0.689 bits per heavy atom. The van der Waals surface area contributed by atoms with Crippen molar-refractivity contribution in [2.45, 2.75) is 72.4 Å². The molecule has 3 aromatic rings. The van der Waals surface area contributed by atoms with Gasteiger partial charge < -0.3 is 34.6 Å².